The molecular weight excluding hydrogens is 235 g/mol. The molecule has 2 heteroatoms. The second-order valence-electron chi connectivity index (χ2n) is 2.76. The summed E-state index contributed by atoms with van der Waals surface area (Å²) < 4.78 is 0. The topological polar surface area (TPSA) is 14.1 Å². The van der Waals surface area contributed by atoms with E-state index in [0.29, 0.717) is 0 Å². The van der Waals surface area contributed by atoms with E-state index in [2.05, 4.69) is 29.6 Å². The van der Waals surface area contributed by atoms with Crippen LogP contribution in [0.4, 0.5) is 5.69 Å². The van der Waals surface area contributed by atoms with Crippen molar-refractivity contribution in [1.29, 1.82) is 0 Å². The van der Waals surface area contributed by atoms with Gasteiger partial charge in [0.1, 0.15) is 0 Å². The van der Waals surface area contributed by atoms with Gasteiger partial charge in [0.2, 0.25) is 0 Å². The fourth-order valence-corrected chi connectivity index (χ4v) is 1.32. The molecule has 2 aromatic rings. The Kier molecular flexibility index (Phi) is 3.89. The minimum absolute atomic E-state index is 0. The first-order valence-electron chi connectivity index (χ1n) is 3.99. The molecule has 1 nitrogen and oxygen atoms in total. The Morgan fingerprint density at radius 2 is 1.62 bits per heavy atom. The van der Waals surface area contributed by atoms with Crippen molar-refractivity contribution in [3.05, 3.63) is 47.8 Å². The van der Waals surface area contributed by atoms with Crippen molar-refractivity contribution in [2.45, 2.75) is 0 Å². The Bertz CT molecular complexity index is 398. The van der Waals surface area contributed by atoms with Gasteiger partial charge in [0.05, 0.1) is 0 Å². The first-order valence-corrected chi connectivity index (χ1v) is 3.99. The monoisotopic (exact) mass is 245 g/mol. The molecule has 0 aliphatic heterocycles. The molecule has 2 rings (SSSR count). The van der Waals surface area contributed by atoms with Crippen molar-refractivity contribution in [3.63, 3.8) is 0 Å². The van der Waals surface area contributed by atoms with E-state index in [9.17, 15) is 0 Å². The number of fused-ring (bicyclic) bond motifs is 1. The van der Waals surface area contributed by atoms with Gasteiger partial charge in [0, 0.05) is 32.7 Å². The van der Waals surface area contributed by atoms with E-state index < -0.39 is 0 Å². The summed E-state index contributed by atoms with van der Waals surface area (Å²) in [5, 5.41) is 6.64. The van der Waals surface area contributed by atoms with Gasteiger partial charge in [-0.15, -0.1) is 12.7 Å². The second-order valence-corrected chi connectivity index (χ2v) is 2.76. The van der Waals surface area contributed by atoms with E-state index in [1.807, 2.05) is 25.2 Å². The molecule has 0 heterocycles. The second kappa shape index (κ2) is 4.73. The maximum atomic E-state index is 4.12. The zero-order chi connectivity index (χ0) is 8.39. The molecular formula is C11H10NY-. The minimum atomic E-state index is 0. The molecule has 0 aromatic heterocycles. The van der Waals surface area contributed by atoms with Crippen LogP contribution in [0.3, 0.4) is 0 Å². The van der Waals surface area contributed by atoms with Gasteiger partial charge < -0.3 is 5.32 Å². The third-order valence-electron chi connectivity index (χ3n) is 1.99. The van der Waals surface area contributed by atoms with Crippen molar-refractivity contribution < 1.29 is 32.7 Å². The molecule has 0 aliphatic carbocycles. The number of nitrogens with zero attached hydrogens (tertiary/aromatic N) is 1. The Balaban J connectivity index is 0.000000845. The Morgan fingerprint density at radius 3 is 2.31 bits per heavy atom. The standard InChI is InChI=1S/C11H10N.Y/c1-12-11-7-6-9-4-2-3-5-10(9)8-11;/h2-8H,1H3;/q-1;. The summed E-state index contributed by atoms with van der Waals surface area (Å²) in [6.07, 6.45) is 0. The molecule has 0 fully saturated rings. The van der Waals surface area contributed by atoms with Crippen LogP contribution in [0.15, 0.2) is 42.5 Å². The van der Waals surface area contributed by atoms with E-state index in [4.69, 9.17) is 0 Å². The van der Waals surface area contributed by atoms with Gasteiger partial charge in [-0.05, 0) is 10.8 Å². The largest absolute Gasteiger partial charge is 0.687 e. The van der Waals surface area contributed by atoms with Gasteiger partial charge in [0.15, 0.2) is 0 Å². The zero-order valence-corrected chi connectivity index (χ0v) is 10.4. The Morgan fingerprint density at radius 1 is 0.923 bits per heavy atom. The number of benzene rings is 2. The van der Waals surface area contributed by atoms with Crippen LogP contribution in [0.5, 0.6) is 0 Å². The molecule has 0 unspecified atom stereocenters. The third kappa shape index (κ3) is 2.29. The molecule has 0 atom stereocenters. The van der Waals surface area contributed by atoms with Gasteiger partial charge in [-0.25, -0.2) is 0 Å². The fraction of sp³-hybridized carbons (Fsp3) is 0.0909. The molecule has 13 heavy (non-hydrogen) atoms. The van der Waals surface area contributed by atoms with Gasteiger partial charge in [-0.1, -0.05) is 42.5 Å². The van der Waals surface area contributed by atoms with E-state index >= 15 is 0 Å². The van der Waals surface area contributed by atoms with Crippen LogP contribution >= 0.6 is 0 Å². The zero-order valence-electron chi connectivity index (χ0n) is 7.57. The van der Waals surface area contributed by atoms with Gasteiger partial charge >= 0.3 is 0 Å². The van der Waals surface area contributed by atoms with Crippen molar-refractivity contribution in [2.75, 3.05) is 7.05 Å². The molecule has 0 N–H and O–H groups in total. The fourth-order valence-electron chi connectivity index (χ4n) is 1.32. The summed E-state index contributed by atoms with van der Waals surface area (Å²) in [5.41, 5.74) is 1.04. The third-order valence-corrected chi connectivity index (χ3v) is 1.99. The summed E-state index contributed by atoms with van der Waals surface area (Å²) in [7, 11) is 1.81. The molecule has 63 valence electrons. The normalized spacial score (nSPS) is 9.31. The SMILES string of the molecule is C[N-]c1ccc2ccccc2c1.[Y]. The molecule has 0 bridgehead atoms. The summed E-state index contributed by atoms with van der Waals surface area (Å²) in [6, 6.07) is 14.5. The number of hydrogen-bond donors (Lipinski definition) is 0. The summed E-state index contributed by atoms with van der Waals surface area (Å²) in [6.45, 7) is 0. The van der Waals surface area contributed by atoms with Crippen LogP contribution in [-0.4, -0.2) is 7.05 Å². The van der Waals surface area contributed by atoms with Crippen molar-refractivity contribution >= 4 is 16.5 Å². The minimum Gasteiger partial charge on any atom is -0.687 e. The van der Waals surface area contributed by atoms with Gasteiger partial charge in [0.25, 0.3) is 0 Å². The molecule has 0 spiro atoms. The van der Waals surface area contributed by atoms with Crippen molar-refractivity contribution in [2.24, 2.45) is 0 Å². The predicted octanol–water partition coefficient (Wildman–Crippen LogP) is 3.47. The van der Waals surface area contributed by atoms with Crippen LogP contribution in [0.2, 0.25) is 0 Å². The summed E-state index contributed by atoms with van der Waals surface area (Å²) >= 11 is 0. The van der Waals surface area contributed by atoms with Crippen LogP contribution in [0.25, 0.3) is 16.1 Å². The van der Waals surface area contributed by atoms with Crippen LogP contribution in [0, 0.1) is 0 Å². The molecule has 0 saturated heterocycles. The predicted molar refractivity (Wildman–Crippen MR) is 52.9 cm³/mol. The van der Waals surface area contributed by atoms with Crippen molar-refractivity contribution in [3.8, 4) is 0 Å². The molecule has 2 aromatic carbocycles. The van der Waals surface area contributed by atoms with Crippen molar-refractivity contribution in [1.82, 2.24) is 0 Å². The van der Waals surface area contributed by atoms with E-state index in [-0.39, 0.29) is 32.7 Å². The first-order chi connectivity index (χ1) is 5.90. The molecule has 0 aliphatic rings. The van der Waals surface area contributed by atoms with Crippen LogP contribution in [0.1, 0.15) is 0 Å². The number of hydrogen-bond acceptors (Lipinski definition) is 0. The van der Waals surface area contributed by atoms with E-state index in [1.54, 1.807) is 0 Å². The number of rotatable bonds is 1. The summed E-state index contributed by atoms with van der Waals surface area (Å²) in [5.74, 6) is 0. The Labute approximate surface area is 103 Å². The average molecular weight is 245 g/mol. The first kappa shape index (κ1) is 10.7. The molecule has 0 amide bonds. The smallest absolute Gasteiger partial charge is 0 e. The van der Waals surface area contributed by atoms with E-state index in [1.165, 1.54) is 10.8 Å². The van der Waals surface area contributed by atoms with Gasteiger partial charge in [-0.2, -0.15) is 0 Å². The molecule has 1 radical (unpaired) electrons. The van der Waals surface area contributed by atoms with E-state index in [0.717, 1.165) is 5.69 Å². The summed E-state index contributed by atoms with van der Waals surface area (Å²) in [4.78, 5) is 0. The average Bonchev–Trinajstić information content (AvgIpc) is 2.17. The van der Waals surface area contributed by atoms with Gasteiger partial charge in [-0.3, -0.25) is 0 Å². The molecule has 0 saturated carbocycles. The quantitative estimate of drug-likeness (QED) is 0.730. The maximum Gasteiger partial charge on any atom is 0 e. The van der Waals surface area contributed by atoms with Crippen LogP contribution < -0.4 is 0 Å². The maximum absolute atomic E-state index is 4.12. The Hall–Kier alpha value is -0.396. The van der Waals surface area contributed by atoms with Crippen LogP contribution in [-0.2, 0) is 32.7 Å².